The third kappa shape index (κ3) is 2.74. The first kappa shape index (κ1) is 9.27. The van der Waals surface area contributed by atoms with Crippen LogP contribution in [0.3, 0.4) is 0 Å². The Bertz CT molecular complexity index is 644. The molecule has 1 atom stereocenters. The van der Waals surface area contributed by atoms with Crippen molar-refractivity contribution in [2.75, 3.05) is 13.6 Å². The van der Waals surface area contributed by atoms with Crippen molar-refractivity contribution in [3.05, 3.63) is 23.8 Å². The van der Waals surface area contributed by atoms with Crippen LogP contribution in [0, 0.1) is 0 Å². The second-order valence-electron chi connectivity index (χ2n) is 5.11. The molecule has 1 aliphatic carbocycles. The molecule has 1 aromatic carbocycles. The van der Waals surface area contributed by atoms with Gasteiger partial charge in [-0.2, -0.15) is 0 Å². The van der Waals surface area contributed by atoms with Gasteiger partial charge in [0.05, 0.1) is 13.2 Å². The van der Waals surface area contributed by atoms with Crippen LogP contribution in [0.2, 0.25) is 0 Å². The molecule has 1 amide bonds. The lowest BCUT2D eigenvalue weighted by molar-refractivity contribution is -0.119. The Kier molecular flexibility index (Phi) is 2.66. The standard InChI is InChI=1S/C16H21NO3/c1-19-14-7-6-11(12-9-16(18)17-10-12)8-15(14)20-13-4-2-3-5-13/h6-8,12-13H,2-5,9-10H2,1H3,(H,17,18)/i9D2,10D2. The van der Waals surface area contributed by atoms with Gasteiger partial charge in [-0.05, 0) is 43.4 Å². The summed E-state index contributed by atoms with van der Waals surface area (Å²) in [5, 5.41) is 2.10. The van der Waals surface area contributed by atoms with Crippen molar-refractivity contribution in [2.45, 2.75) is 44.1 Å². The van der Waals surface area contributed by atoms with Gasteiger partial charge in [-0.15, -0.1) is 0 Å². The van der Waals surface area contributed by atoms with Gasteiger partial charge < -0.3 is 14.8 Å². The molecule has 0 aromatic heterocycles. The Morgan fingerprint density at radius 3 is 2.75 bits per heavy atom. The number of hydrogen-bond acceptors (Lipinski definition) is 3. The third-order valence-corrected chi connectivity index (χ3v) is 3.72. The maximum atomic E-state index is 11.8. The number of methoxy groups -OCH3 is 1. The predicted octanol–water partition coefficient (Wildman–Crippen LogP) is 2.62. The van der Waals surface area contributed by atoms with E-state index in [2.05, 4.69) is 5.32 Å². The molecule has 1 saturated carbocycles. The number of carbonyl (C=O) groups is 1. The minimum atomic E-state index is -2.33. The van der Waals surface area contributed by atoms with Crippen LogP contribution < -0.4 is 14.8 Å². The number of rotatable bonds is 4. The molecule has 1 aliphatic heterocycles. The van der Waals surface area contributed by atoms with Crippen LogP contribution in [0.25, 0.3) is 0 Å². The highest BCUT2D eigenvalue weighted by atomic mass is 16.5. The van der Waals surface area contributed by atoms with Crippen molar-refractivity contribution < 1.29 is 19.8 Å². The molecule has 108 valence electrons. The van der Waals surface area contributed by atoms with Crippen LogP contribution in [0.15, 0.2) is 18.2 Å². The molecule has 4 nitrogen and oxygen atoms in total. The average Bonchev–Trinajstić information content (AvgIpc) is 3.04. The van der Waals surface area contributed by atoms with E-state index in [0.29, 0.717) is 17.1 Å². The maximum absolute atomic E-state index is 11.8. The highest BCUT2D eigenvalue weighted by Gasteiger charge is 2.25. The maximum Gasteiger partial charge on any atom is 0.220 e. The molecule has 2 aliphatic rings. The zero-order chi connectivity index (χ0) is 17.5. The van der Waals surface area contributed by atoms with E-state index in [9.17, 15) is 4.79 Å². The summed E-state index contributed by atoms with van der Waals surface area (Å²) in [6.07, 6.45) is 1.89. The molecule has 1 saturated heterocycles. The number of nitrogens with one attached hydrogen (secondary N) is 1. The monoisotopic (exact) mass is 279 g/mol. The number of carbonyl (C=O) groups excluding carboxylic acids is 1. The van der Waals surface area contributed by atoms with E-state index in [1.54, 1.807) is 18.2 Å². The topological polar surface area (TPSA) is 47.6 Å². The van der Waals surface area contributed by atoms with Gasteiger partial charge in [0.1, 0.15) is 0 Å². The van der Waals surface area contributed by atoms with E-state index in [4.69, 9.17) is 15.0 Å². The number of ether oxygens (including phenoxy) is 2. The third-order valence-electron chi connectivity index (χ3n) is 3.72. The van der Waals surface area contributed by atoms with E-state index in [-0.39, 0.29) is 6.10 Å². The first-order valence-corrected chi connectivity index (χ1v) is 6.93. The quantitative estimate of drug-likeness (QED) is 0.921. The second-order valence-corrected chi connectivity index (χ2v) is 5.11. The molecule has 1 N–H and O–H groups in total. The summed E-state index contributed by atoms with van der Waals surface area (Å²) in [4.78, 5) is 11.8. The first-order chi connectivity index (χ1) is 11.3. The molecule has 1 aromatic rings. The van der Waals surface area contributed by atoms with Crippen molar-refractivity contribution >= 4 is 5.91 Å². The molecule has 0 radical (unpaired) electrons. The molecule has 1 unspecified atom stereocenters. The SMILES string of the molecule is [2H]C1([2H])NC(=O)C([2H])([2H])C1c1ccc(OC)c(OC2CCCC2)c1. The molecule has 3 rings (SSSR count). The Morgan fingerprint density at radius 1 is 1.30 bits per heavy atom. The van der Waals surface area contributed by atoms with Gasteiger partial charge in [-0.1, -0.05) is 6.07 Å². The van der Waals surface area contributed by atoms with Gasteiger partial charge in [0, 0.05) is 24.3 Å². The fourth-order valence-corrected chi connectivity index (χ4v) is 2.66. The average molecular weight is 279 g/mol. The van der Waals surface area contributed by atoms with Crippen LogP contribution in [0.4, 0.5) is 0 Å². The van der Waals surface area contributed by atoms with E-state index in [0.717, 1.165) is 25.7 Å². The van der Waals surface area contributed by atoms with Gasteiger partial charge in [-0.25, -0.2) is 0 Å². The minimum absolute atomic E-state index is 0.0889. The van der Waals surface area contributed by atoms with Gasteiger partial charge in [0.25, 0.3) is 0 Å². The van der Waals surface area contributed by atoms with Gasteiger partial charge in [-0.3, -0.25) is 4.79 Å². The molecule has 20 heavy (non-hydrogen) atoms. The summed E-state index contributed by atoms with van der Waals surface area (Å²) < 4.78 is 43.2. The highest BCUT2D eigenvalue weighted by molar-refractivity contribution is 5.79. The summed E-state index contributed by atoms with van der Waals surface area (Å²) in [6.45, 7) is -2.17. The van der Waals surface area contributed by atoms with Crippen molar-refractivity contribution in [1.29, 1.82) is 0 Å². The molecule has 0 spiro atoms. The number of hydrogen-bond donors (Lipinski definition) is 1. The summed E-state index contributed by atoms with van der Waals surface area (Å²) in [6, 6.07) is 4.81. The highest BCUT2D eigenvalue weighted by Crippen LogP contribution is 2.35. The lowest BCUT2D eigenvalue weighted by Gasteiger charge is -2.18. The smallest absolute Gasteiger partial charge is 0.220 e. The molecular weight excluding hydrogens is 254 g/mol. The van der Waals surface area contributed by atoms with Crippen molar-refractivity contribution in [3.8, 4) is 11.5 Å². The largest absolute Gasteiger partial charge is 0.493 e. The zero-order valence-corrected chi connectivity index (χ0v) is 11.4. The molecule has 2 fully saturated rings. The lowest BCUT2D eigenvalue weighted by Crippen LogP contribution is -2.14. The van der Waals surface area contributed by atoms with E-state index >= 15 is 0 Å². The zero-order valence-electron chi connectivity index (χ0n) is 15.4. The summed E-state index contributed by atoms with van der Waals surface area (Å²) >= 11 is 0. The molecule has 1 heterocycles. The number of amides is 1. The van der Waals surface area contributed by atoms with Crippen LogP contribution in [-0.2, 0) is 4.79 Å². The van der Waals surface area contributed by atoms with Crippen molar-refractivity contribution in [2.24, 2.45) is 0 Å². The predicted molar refractivity (Wildman–Crippen MR) is 76.2 cm³/mol. The Morgan fingerprint density at radius 2 is 2.10 bits per heavy atom. The summed E-state index contributed by atoms with van der Waals surface area (Å²) in [7, 11) is 1.52. The fourth-order valence-electron chi connectivity index (χ4n) is 2.66. The summed E-state index contributed by atoms with van der Waals surface area (Å²) in [5.41, 5.74) is 0.372. The number of benzene rings is 1. The van der Waals surface area contributed by atoms with Gasteiger partial charge in [0.2, 0.25) is 5.91 Å². The first-order valence-electron chi connectivity index (χ1n) is 8.93. The van der Waals surface area contributed by atoms with Crippen LogP contribution >= 0.6 is 0 Å². The van der Waals surface area contributed by atoms with Gasteiger partial charge >= 0.3 is 0 Å². The second kappa shape index (κ2) is 5.73. The Balaban J connectivity index is 1.97. The van der Waals surface area contributed by atoms with Crippen LogP contribution in [0.1, 0.15) is 49.0 Å². The molecular formula is C16H21NO3. The van der Waals surface area contributed by atoms with Crippen molar-refractivity contribution in [3.63, 3.8) is 0 Å². The Hall–Kier alpha value is -1.71. The van der Waals surface area contributed by atoms with E-state index < -0.39 is 24.7 Å². The van der Waals surface area contributed by atoms with E-state index in [1.165, 1.54) is 7.11 Å². The molecule has 4 heteroatoms. The lowest BCUT2D eigenvalue weighted by atomic mass is 9.98. The normalized spacial score (nSPS) is 30.9. The fraction of sp³-hybridized carbons (Fsp3) is 0.562. The van der Waals surface area contributed by atoms with Crippen LogP contribution in [0.5, 0.6) is 11.5 Å². The molecule has 0 bridgehead atoms. The van der Waals surface area contributed by atoms with Gasteiger partial charge in [0.15, 0.2) is 11.5 Å². The Labute approximate surface area is 125 Å². The van der Waals surface area contributed by atoms with E-state index in [1.807, 2.05) is 0 Å². The van der Waals surface area contributed by atoms with Crippen LogP contribution in [-0.4, -0.2) is 25.6 Å². The summed E-state index contributed by atoms with van der Waals surface area (Å²) in [5.74, 6) is -1.21. The minimum Gasteiger partial charge on any atom is -0.493 e. The van der Waals surface area contributed by atoms with Crippen molar-refractivity contribution in [1.82, 2.24) is 5.32 Å².